The van der Waals surface area contributed by atoms with Gasteiger partial charge in [-0.3, -0.25) is 0 Å². The largest absolute Gasteiger partial charge is 0.305 e. The molecule has 0 radical (unpaired) electrons. The summed E-state index contributed by atoms with van der Waals surface area (Å²) in [7, 11) is 2.00. The molecule has 2 aliphatic rings. The summed E-state index contributed by atoms with van der Waals surface area (Å²) in [6, 6.07) is 20.3. The number of fused-ring (bicyclic) bond motifs is 2. The first-order valence-electron chi connectivity index (χ1n) is 9.24. The molecule has 1 aliphatic heterocycles. The smallest absolute Gasteiger partial charge is 0.189 e. The van der Waals surface area contributed by atoms with Crippen LogP contribution >= 0.6 is 0 Å². The Morgan fingerprint density at radius 3 is 2.50 bits per heavy atom. The van der Waals surface area contributed by atoms with Crippen molar-refractivity contribution in [2.45, 2.75) is 5.92 Å². The Labute approximate surface area is 164 Å². The third-order valence-corrected chi connectivity index (χ3v) is 6.13. The lowest BCUT2D eigenvalue weighted by molar-refractivity contribution is 0.236. The summed E-state index contributed by atoms with van der Waals surface area (Å²) in [5.74, 6) is -1.48. The van der Waals surface area contributed by atoms with Crippen molar-refractivity contribution in [1.82, 2.24) is 4.90 Å². The van der Waals surface area contributed by atoms with Crippen molar-refractivity contribution in [2.24, 2.45) is 17.3 Å². The van der Waals surface area contributed by atoms with Crippen molar-refractivity contribution in [3.63, 3.8) is 0 Å². The summed E-state index contributed by atoms with van der Waals surface area (Å²) < 4.78 is 0. The molecule has 0 aromatic heterocycles. The number of nitrogens with zero attached hydrogens (tertiary/aromatic N) is 4. The lowest BCUT2D eigenvalue weighted by atomic mass is 9.54. The maximum absolute atomic E-state index is 10.1. The Balaban J connectivity index is 2.04. The highest BCUT2D eigenvalue weighted by Crippen LogP contribution is 2.54. The van der Waals surface area contributed by atoms with Gasteiger partial charge in [-0.05, 0) is 29.0 Å². The van der Waals surface area contributed by atoms with Gasteiger partial charge >= 0.3 is 0 Å². The Hall–Kier alpha value is -3.46. The molecule has 1 unspecified atom stereocenters. The summed E-state index contributed by atoms with van der Waals surface area (Å²) in [4.78, 5) is 2.13. The molecule has 0 amide bonds. The van der Waals surface area contributed by atoms with Crippen LogP contribution in [0.15, 0.2) is 54.1 Å². The van der Waals surface area contributed by atoms with Crippen LogP contribution in [0.1, 0.15) is 11.5 Å². The standard InChI is InChI=1S/C23H19N5/c1-28-10-9-17-19(11-24)22(27)23(13-25,14-26)21(20(17)12-28)18-8-4-6-15-5-2-3-7-16(15)18/h2-9,19-21,27H,10,12H2,1H3/t19?,20-,21+/m1/s1. The van der Waals surface area contributed by atoms with Gasteiger partial charge in [-0.2, -0.15) is 15.8 Å². The minimum absolute atomic E-state index is 0.0926. The number of benzene rings is 2. The van der Waals surface area contributed by atoms with Crippen molar-refractivity contribution in [1.29, 1.82) is 21.2 Å². The Bertz CT molecular complexity index is 1100. The molecule has 1 N–H and O–H groups in total. The van der Waals surface area contributed by atoms with E-state index in [4.69, 9.17) is 5.41 Å². The summed E-state index contributed by atoms with van der Waals surface area (Å²) in [5.41, 5.74) is 0.0215. The van der Waals surface area contributed by atoms with E-state index in [9.17, 15) is 15.8 Å². The average Bonchev–Trinajstić information content (AvgIpc) is 2.73. The van der Waals surface area contributed by atoms with Crippen molar-refractivity contribution in [3.8, 4) is 18.2 Å². The van der Waals surface area contributed by atoms with Gasteiger partial charge in [0.1, 0.15) is 5.92 Å². The number of nitrogens with one attached hydrogen (secondary N) is 1. The molecule has 1 aliphatic carbocycles. The van der Waals surface area contributed by atoms with Gasteiger partial charge in [-0.15, -0.1) is 0 Å². The van der Waals surface area contributed by atoms with Gasteiger partial charge in [0.2, 0.25) is 0 Å². The molecule has 1 saturated carbocycles. The molecule has 0 saturated heterocycles. The van der Waals surface area contributed by atoms with Gasteiger partial charge in [0.25, 0.3) is 0 Å². The van der Waals surface area contributed by atoms with E-state index in [2.05, 4.69) is 23.1 Å². The summed E-state index contributed by atoms with van der Waals surface area (Å²) in [6.07, 6.45) is 2.01. The topological polar surface area (TPSA) is 98.5 Å². The molecule has 2 aromatic rings. The van der Waals surface area contributed by atoms with Gasteiger partial charge in [0.15, 0.2) is 5.41 Å². The van der Waals surface area contributed by atoms with Crippen LogP contribution in [0, 0.1) is 56.7 Å². The zero-order valence-electron chi connectivity index (χ0n) is 15.6. The van der Waals surface area contributed by atoms with Gasteiger partial charge in [0.05, 0.1) is 23.9 Å². The number of hydrogen-bond donors (Lipinski definition) is 1. The van der Waals surface area contributed by atoms with E-state index in [0.717, 1.165) is 21.9 Å². The van der Waals surface area contributed by atoms with E-state index >= 15 is 0 Å². The van der Waals surface area contributed by atoms with E-state index in [-0.39, 0.29) is 11.6 Å². The first kappa shape index (κ1) is 17.9. The third-order valence-electron chi connectivity index (χ3n) is 6.13. The van der Waals surface area contributed by atoms with Crippen molar-refractivity contribution >= 4 is 16.5 Å². The molecule has 136 valence electrons. The van der Waals surface area contributed by atoms with Crippen LogP contribution in [0.4, 0.5) is 0 Å². The molecule has 0 bridgehead atoms. The number of nitriles is 3. The molecule has 28 heavy (non-hydrogen) atoms. The maximum Gasteiger partial charge on any atom is 0.189 e. The third kappa shape index (κ3) is 2.36. The number of hydrogen-bond acceptors (Lipinski definition) is 5. The molecule has 1 heterocycles. The Kier molecular flexibility index (Phi) is 4.23. The molecule has 5 nitrogen and oxygen atoms in total. The van der Waals surface area contributed by atoms with Gasteiger partial charge in [0, 0.05) is 24.9 Å². The highest BCUT2D eigenvalue weighted by molar-refractivity contribution is 6.01. The number of likely N-dealkylation sites (N-methyl/N-ethyl adjacent to an activating group) is 1. The van der Waals surface area contributed by atoms with Crippen molar-refractivity contribution < 1.29 is 0 Å². The number of rotatable bonds is 1. The van der Waals surface area contributed by atoms with E-state index in [1.54, 1.807) is 0 Å². The minimum atomic E-state index is -1.66. The Morgan fingerprint density at radius 1 is 1.07 bits per heavy atom. The van der Waals surface area contributed by atoms with Crippen molar-refractivity contribution in [2.75, 3.05) is 20.1 Å². The van der Waals surface area contributed by atoms with Crippen molar-refractivity contribution in [3.05, 3.63) is 59.7 Å². The highest BCUT2D eigenvalue weighted by atomic mass is 15.1. The highest BCUT2D eigenvalue weighted by Gasteiger charge is 2.57. The summed E-state index contributed by atoms with van der Waals surface area (Å²) in [5, 5.41) is 40.7. The molecule has 2 aromatic carbocycles. The predicted molar refractivity (Wildman–Crippen MR) is 106 cm³/mol. The summed E-state index contributed by atoms with van der Waals surface area (Å²) >= 11 is 0. The Morgan fingerprint density at radius 2 is 1.79 bits per heavy atom. The first-order chi connectivity index (χ1) is 13.6. The first-order valence-corrected chi connectivity index (χ1v) is 9.24. The van der Waals surface area contributed by atoms with Gasteiger partial charge < -0.3 is 10.3 Å². The van der Waals surface area contributed by atoms with Crippen LogP contribution < -0.4 is 0 Å². The monoisotopic (exact) mass is 365 g/mol. The molecular formula is C23H19N5. The minimum Gasteiger partial charge on any atom is -0.305 e. The lowest BCUT2D eigenvalue weighted by Crippen LogP contribution is -2.52. The van der Waals surface area contributed by atoms with E-state index < -0.39 is 17.3 Å². The van der Waals surface area contributed by atoms with E-state index in [1.807, 2.05) is 55.6 Å². The van der Waals surface area contributed by atoms with Crippen LogP contribution in [-0.4, -0.2) is 30.7 Å². The van der Waals surface area contributed by atoms with Crippen LogP contribution in [0.3, 0.4) is 0 Å². The van der Waals surface area contributed by atoms with Gasteiger partial charge in [-0.1, -0.05) is 48.5 Å². The van der Waals surface area contributed by atoms with Crippen LogP contribution in [0.5, 0.6) is 0 Å². The molecule has 1 fully saturated rings. The fraction of sp³-hybridized carbons (Fsp3) is 0.304. The van der Waals surface area contributed by atoms with Crippen LogP contribution in [0.25, 0.3) is 10.8 Å². The predicted octanol–water partition coefficient (Wildman–Crippen LogP) is 3.62. The lowest BCUT2D eigenvalue weighted by Gasteiger charge is -2.47. The zero-order valence-corrected chi connectivity index (χ0v) is 15.6. The summed E-state index contributed by atoms with van der Waals surface area (Å²) in [6.45, 7) is 1.35. The maximum atomic E-state index is 10.1. The fourth-order valence-electron chi connectivity index (χ4n) is 4.82. The molecule has 4 rings (SSSR count). The SMILES string of the molecule is CN1CC=C2C(C#N)C(=N)C(C#N)(C#N)[C@@H](c3cccc4ccccc34)[C@@H]2C1. The molecular weight excluding hydrogens is 346 g/mol. The quantitative estimate of drug-likeness (QED) is 0.780. The average molecular weight is 365 g/mol. The fourth-order valence-corrected chi connectivity index (χ4v) is 4.82. The van der Waals surface area contributed by atoms with E-state index in [1.165, 1.54) is 0 Å². The molecule has 0 spiro atoms. The normalized spacial score (nSPS) is 26.4. The second-order valence-electron chi connectivity index (χ2n) is 7.59. The second kappa shape index (κ2) is 6.61. The zero-order chi connectivity index (χ0) is 19.9. The van der Waals surface area contributed by atoms with E-state index in [0.29, 0.717) is 13.1 Å². The molecule has 3 atom stereocenters. The van der Waals surface area contributed by atoms with Gasteiger partial charge in [-0.25, -0.2) is 0 Å². The molecule has 5 heteroatoms. The van der Waals surface area contributed by atoms with Crippen LogP contribution in [0.2, 0.25) is 0 Å². The van der Waals surface area contributed by atoms with Crippen LogP contribution in [-0.2, 0) is 0 Å². The second-order valence-corrected chi connectivity index (χ2v) is 7.59.